The number of carbonyl (C=O) groups is 1. The molecule has 1 saturated carbocycles. The van der Waals surface area contributed by atoms with Gasteiger partial charge in [-0.15, -0.1) is 11.3 Å². The van der Waals surface area contributed by atoms with Gasteiger partial charge in [-0.3, -0.25) is 4.79 Å². The zero-order chi connectivity index (χ0) is 16.1. The van der Waals surface area contributed by atoms with Crippen molar-refractivity contribution in [3.8, 4) is 10.8 Å². The Hall–Kier alpha value is -1.86. The molecule has 7 heteroatoms. The number of aliphatic hydroxyl groups excluding tert-OH is 1. The highest BCUT2D eigenvalue weighted by Crippen LogP contribution is 2.25. The summed E-state index contributed by atoms with van der Waals surface area (Å²) in [5, 5.41) is 13.3. The first-order valence-corrected chi connectivity index (χ1v) is 8.74. The Bertz CT molecular complexity index is 647. The van der Waals surface area contributed by atoms with Crippen molar-refractivity contribution in [2.75, 3.05) is 6.61 Å². The van der Waals surface area contributed by atoms with E-state index in [1.54, 1.807) is 24.7 Å². The smallest absolute Gasteiger partial charge is 0.263 e. The molecule has 23 heavy (non-hydrogen) atoms. The molecular weight excluding hydrogens is 312 g/mol. The van der Waals surface area contributed by atoms with E-state index in [2.05, 4.69) is 20.3 Å². The second-order valence-corrected chi connectivity index (χ2v) is 6.79. The summed E-state index contributed by atoms with van der Waals surface area (Å²) < 4.78 is 0. The van der Waals surface area contributed by atoms with Crippen LogP contribution in [0.15, 0.2) is 24.7 Å². The van der Waals surface area contributed by atoms with Gasteiger partial charge < -0.3 is 10.4 Å². The molecule has 0 bridgehead atoms. The molecule has 0 spiro atoms. The summed E-state index contributed by atoms with van der Waals surface area (Å²) in [6.07, 6.45) is 10.1. The van der Waals surface area contributed by atoms with Crippen molar-refractivity contribution in [2.24, 2.45) is 5.92 Å². The number of aliphatic hydroxyl groups is 1. The van der Waals surface area contributed by atoms with Crippen molar-refractivity contribution >= 4 is 17.2 Å². The number of nitrogens with zero attached hydrogens (tertiary/aromatic N) is 3. The first-order valence-electron chi connectivity index (χ1n) is 7.93. The Kier molecular flexibility index (Phi) is 5.30. The summed E-state index contributed by atoms with van der Waals surface area (Å²) in [5.41, 5.74) is 0. The van der Waals surface area contributed by atoms with Gasteiger partial charge in [-0.1, -0.05) is 19.3 Å². The highest BCUT2D eigenvalue weighted by atomic mass is 32.1. The van der Waals surface area contributed by atoms with Crippen LogP contribution in [-0.4, -0.2) is 38.6 Å². The minimum atomic E-state index is -0.130. The Morgan fingerprint density at radius 3 is 2.78 bits per heavy atom. The van der Waals surface area contributed by atoms with Crippen molar-refractivity contribution in [2.45, 2.75) is 38.1 Å². The van der Waals surface area contributed by atoms with Gasteiger partial charge in [0.05, 0.1) is 6.20 Å². The molecule has 6 nitrogen and oxygen atoms in total. The van der Waals surface area contributed by atoms with Gasteiger partial charge in [0.2, 0.25) is 0 Å². The van der Waals surface area contributed by atoms with Crippen LogP contribution in [0.3, 0.4) is 0 Å². The van der Waals surface area contributed by atoms with E-state index in [1.807, 2.05) is 0 Å². The predicted octanol–water partition coefficient (Wildman–Crippen LogP) is 2.27. The molecule has 0 aliphatic heterocycles. The molecular formula is C16H20N4O2S. The third-order valence-electron chi connectivity index (χ3n) is 4.20. The van der Waals surface area contributed by atoms with Crippen LogP contribution in [0.2, 0.25) is 0 Å². The highest BCUT2D eigenvalue weighted by molar-refractivity contribution is 7.16. The van der Waals surface area contributed by atoms with Gasteiger partial charge in [-0.2, -0.15) is 0 Å². The monoisotopic (exact) mass is 332 g/mol. The standard InChI is InChI=1S/C16H20N4O2S/c21-10-11-5-2-1-3-6-12(11)20-15(22)13-9-19-16(23-13)14-17-7-4-8-18-14/h4,7-9,11-12,21H,1-3,5-6,10H2,(H,20,22). The molecule has 0 saturated heterocycles. The van der Waals surface area contributed by atoms with E-state index in [0.717, 1.165) is 25.7 Å². The number of hydrogen-bond donors (Lipinski definition) is 2. The predicted molar refractivity (Wildman–Crippen MR) is 88.1 cm³/mol. The number of nitrogens with one attached hydrogen (secondary N) is 1. The summed E-state index contributed by atoms with van der Waals surface area (Å²) >= 11 is 1.29. The summed E-state index contributed by atoms with van der Waals surface area (Å²) in [5.74, 6) is 0.542. The van der Waals surface area contributed by atoms with Crippen LogP contribution in [0, 0.1) is 5.92 Å². The molecule has 2 atom stereocenters. The number of carbonyl (C=O) groups excluding carboxylic acids is 1. The van der Waals surface area contributed by atoms with Gasteiger partial charge >= 0.3 is 0 Å². The molecule has 0 radical (unpaired) electrons. The second-order valence-electron chi connectivity index (χ2n) is 5.76. The number of rotatable bonds is 4. The lowest BCUT2D eigenvalue weighted by atomic mass is 9.95. The zero-order valence-electron chi connectivity index (χ0n) is 12.8. The molecule has 0 aromatic carbocycles. The maximum Gasteiger partial charge on any atom is 0.263 e. The molecule has 3 rings (SSSR count). The van der Waals surface area contributed by atoms with Crippen LogP contribution < -0.4 is 5.32 Å². The van der Waals surface area contributed by atoms with Crippen molar-refractivity contribution in [3.63, 3.8) is 0 Å². The van der Waals surface area contributed by atoms with Crippen molar-refractivity contribution in [1.29, 1.82) is 0 Å². The molecule has 1 fully saturated rings. The van der Waals surface area contributed by atoms with Gasteiger partial charge in [-0.05, 0) is 18.9 Å². The van der Waals surface area contributed by atoms with E-state index < -0.39 is 0 Å². The minimum Gasteiger partial charge on any atom is -0.396 e. The second kappa shape index (κ2) is 7.61. The highest BCUT2D eigenvalue weighted by Gasteiger charge is 2.25. The largest absolute Gasteiger partial charge is 0.396 e. The molecule has 2 unspecified atom stereocenters. The lowest BCUT2D eigenvalue weighted by Gasteiger charge is -2.24. The Morgan fingerprint density at radius 2 is 2.00 bits per heavy atom. The van der Waals surface area contributed by atoms with E-state index >= 15 is 0 Å². The minimum absolute atomic E-state index is 0.0357. The lowest BCUT2D eigenvalue weighted by molar-refractivity contribution is 0.0903. The SMILES string of the molecule is O=C(NC1CCCCCC1CO)c1cnc(-c2ncccn2)s1. The number of aromatic nitrogens is 3. The first-order chi connectivity index (χ1) is 11.3. The van der Waals surface area contributed by atoms with Crippen molar-refractivity contribution in [1.82, 2.24) is 20.3 Å². The first kappa shape index (κ1) is 16.0. The van der Waals surface area contributed by atoms with Gasteiger partial charge in [0.1, 0.15) is 4.88 Å². The van der Waals surface area contributed by atoms with Gasteiger partial charge in [0.25, 0.3) is 5.91 Å². The van der Waals surface area contributed by atoms with Crippen LogP contribution in [0.4, 0.5) is 0 Å². The van der Waals surface area contributed by atoms with Crippen molar-refractivity contribution in [3.05, 3.63) is 29.5 Å². The maximum atomic E-state index is 12.5. The van der Waals surface area contributed by atoms with Crippen LogP contribution in [-0.2, 0) is 0 Å². The third-order valence-corrected chi connectivity index (χ3v) is 5.19. The van der Waals surface area contributed by atoms with E-state index in [0.29, 0.717) is 15.7 Å². The maximum absolute atomic E-state index is 12.5. The molecule has 1 aliphatic carbocycles. The fourth-order valence-electron chi connectivity index (χ4n) is 2.92. The van der Waals surface area contributed by atoms with E-state index in [4.69, 9.17) is 0 Å². The lowest BCUT2D eigenvalue weighted by Crippen LogP contribution is -2.40. The van der Waals surface area contributed by atoms with E-state index in [1.165, 1.54) is 17.8 Å². The number of thiazole rings is 1. The molecule has 122 valence electrons. The summed E-state index contributed by atoms with van der Waals surface area (Å²) in [6, 6.07) is 1.78. The Labute approximate surface area is 139 Å². The average Bonchev–Trinajstić information content (AvgIpc) is 2.98. The van der Waals surface area contributed by atoms with Gasteiger partial charge in [0.15, 0.2) is 10.8 Å². The fraction of sp³-hybridized carbons (Fsp3) is 0.500. The normalized spacial score (nSPS) is 21.6. The molecule has 1 aliphatic rings. The Morgan fingerprint density at radius 1 is 1.22 bits per heavy atom. The molecule has 2 aromatic heterocycles. The van der Waals surface area contributed by atoms with Crippen LogP contribution in [0.25, 0.3) is 10.8 Å². The number of amides is 1. The fourth-order valence-corrected chi connectivity index (χ4v) is 3.69. The Balaban J connectivity index is 1.69. The van der Waals surface area contributed by atoms with Gasteiger partial charge in [-0.25, -0.2) is 15.0 Å². The average molecular weight is 332 g/mol. The van der Waals surface area contributed by atoms with E-state index in [-0.39, 0.29) is 24.5 Å². The van der Waals surface area contributed by atoms with Gasteiger partial charge in [0, 0.05) is 31.0 Å². The summed E-state index contributed by atoms with van der Waals surface area (Å²) in [7, 11) is 0. The quantitative estimate of drug-likeness (QED) is 0.839. The molecule has 2 N–H and O–H groups in total. The summed E-state index contributed by atoms with van der Waals surface area (Å²) in [4.78, 5) is 25.6. The van der Waals surface area contributed by atoms with E-state index in [9.17, 15) is 9.90 Å². The third kappa shape index (κ3) is 3.92. The molecule has 2 aromatic rings. The molecule has 2 heterocycles. The van der Waals surface area contributed by atoms with Crippen LogP contribution >= 0.6 is 11.3 Å². The van der Waals surface area contributed by atoms with Crippen LogP contribution in [0.5, 0.6) is 0 Å². The van der Waals surface area contributed by atoms with Crippen LogP contribution in [0.1, 0.15) is 41.8 Å². The topological polar surface area (TPSA) is 88.0 Å². The van der Waals surface area contributed by atoms with Crippen molar-refractivity contribution < 1.29 is 9.90 Å². The molecule has 1 amide bonds. The number of hydrogen-bond acceptors (Lipinski definition) is 6. The zero-order valence-corrected chi connectivity index (χ0v) is 13.6. The summed E-state index contributed by atoms with van der Waals surface area (Å²) in [6.45, 7) is 0.122.